The molecule has 0 unspecified atom stereocenters. The number of anilines is 4. The molecule has 0 fully saturated rings. The van der Waals surface area contributed by atoms with E-state index in [1.807, 2.05) is 91.0 Å². The summed E-state index contributed by atoms with van der Waals surface area (Å²) in [5, 5.41) is 27.5. The van der Waals surface area contributed by atoms with Crippen LogP contribution in [0.15, 0.2) is 102 Å². The van der Waals surface area contributed by atoms with Crippen LogP contribution in [0.4, 0.5) is 21.6 Å². The maximum absolute atomic E-state index is 12.5. The van der Waals surface area contributed by atoms with Crippen LogP contribution in [0.25, 0.3) is 32.3 Å². The fourth-order valence-electron chi connectivity index (χ4n) is 4.43. The van der Waals surface area contributed by atoms with Crippen molar-refractivity contribution >= 4 is 72.1 Å². The van der Waals surface area contributed by atoms with Crippen LogP contribution >= 0.6 is 38.6 Å². The fourth-order valence-corrected chi connectivity index (χ4v) is 6.22. The molecule has 6 rings (SSSR count). The first-order valence-corrected chi connectivity index (χ1v) is 16.5. The Balaban J connectivity index is 1.00. The van der Waals surface area contributed by atoms with E-state index in [9.17, 15) is 9.59 Å². The second kappa shape index (κ2) is 14.4. The van der Waals surface area contributed by atoms with Crippen molar-refractivity contribution in [3.63, 3.8) is 0 Å². The summed E-state index contributed by atoms with van der Waals surface area (Å²) in [6.07, 6.45) is -0.0295. The minimum Gasteiger partial charge on any atom is -0.497 e. The molecular formula is C33H26BrN7O3S2. The summed E-state index contributed by atoms with van der Waals surface area (Å²) < 4.78 is 6.25. The van der Waals surface area contributed by atoms with Gasteiger partial charge in [0.25, 0.3) is 0 Å². The van der Waals surface area contributed by atoms with Gasteiger partial charge in [0.2, 0.25) is 22.1 Å². The number of halogens is 1. The number of nitrogens with zero attached hydrogens (tertiary/aromatic N) is 4. The Kier molecular flexibility index (Phi) is 9.72. The van der Waals surface area contributed by atoms with E-state index in [1.165, 1.54) is 22.7 Å². The van der Waals surface area contributed by atoms with Gasteiger partial charge < -0.3 is 20.7 Å². The number of para-hydroxylation sites is 1. The van der Waals surface area contributed by atoms with Gasteiger partial charge in [0.15, 0.2) is 0 Å². The topological polar surface area (TPSA) is 131 Å². The van der Waals surface area contributed by atoms with Gasteiger partial charge in [-0.05, 0) is 60.2 Å². The second-order valence-electron chi connectivity index (χ2n) is 9.90. The van der Waals surface area contributed by atoms with Crippen molar-refractivity contribution in [2.24, 2.45) is 0 Å². The normalized spacial score (nSPS) is 10.7. The zero-order valence-corrected chi connectivity index (χ0v) is 27.6. The minimum atomic E-state index is -0.333. The largest absolute Gasteiger partial charge is 0.497 e. The lowest BCUT2D eigenvalue weighted by atomic mass is 10.0. The van der Waals surface area contributed by atoms with Gasteiger partial charge in [-0.3, -0.25) is 9.59 Å². The molecule has 0 bridgehead atoms. The van der Waals surface area contributed by atoms with Crippen molar-refractivity contribution < 1.29 is 14.3 Å². The summed E-state index contributed by atoms with van der Waals surface area (Å²) in [6, 6.07) is 31.5. The van der Waals surface area contributed by atoms with Crippen LogP contribution in [0.3, 0.4) is 0 Å². The summed E-state index contributed by atoms with van der Waals surface area (Å²) in [6.45, 7) is 0. The number of benzene rings is 4. The van der Waals surface area contributed by atoms with E-state index >= 15 is 0 Å². The maximum Gasteiger partial charge on any atom is 0.226 e. The Morgan fingerprint density at radius 1 is 0.674 bits per heavy atom. The lowest BCUT2D eigenvalue weighted by molar-refractivity contribution is -0.121. The SMILES string of the molecule is COc1ccc(-c2ccccc2Nc2ccc(-c3nnc(NC(=O)CCC(=O)Nc4nnc(-c5ccc(Br)cc5)s4)s3)cc2)cc1. The Morgan fingerprint density at radius 3 is 1.76 bits per heavy atom. The van der Waals surface area contributed by atoms with E-state index in [0.717, 1.165) is 43.9 Å². The average Bonchev–Trinajstić information content (AvgIpc) is 3.75. The molecule has 230 valence electrons. The molecule has 0 aliphatic carbocycles. The third kappa shape index (κ3) is 7.80. The first-order chi connectivity index (χ1) is 22.4. The molecule has 6 aromatic rings. The number of amides is 2. The van der Waals surface area contributed by atoms with Gasteiger partial charge >= 0.3 is 0 Å². The third-order valence-electron chi connectivity index (χ3n) is 6.75. The summed E-state index contributed by atoms with van der Waals surface area (Å²) in [5.41, 5.74) is 5.81. The van der Waals surface area contributed by atoms with Crippen LogP contribution in [-0.4, -0.2) is 39.3 Å². The highest BCUT2D eigenvalue weighted by atomic mass is 79.9. The van der Waals surface area contributed by atoms with E-state index in [2.05, 4.69) is 58.3 Å². The number of hydrogen-bond acceptors (Lipinski definition) is 10. The summed E-state index contributed by atoms with van der Waals surface area (Å²) >= 11 is 5.93. The van der Waals surface area contributed by atoms with Crippen LogP contribution in [0.5, 0.6) is 5.75 Å². The zero-order chi connectivity index (χ0) is 31.9. The molecule has 13 heteroatoms. The van der Waals surface area contributed by atoms with Gasteiger partial charge in [0.05, 0.1) is 7.11 Å². The standard InChI is InChI=1S/C33H26BrN7O3S2/c1-44-25-16-10-20(11-17-25)26-4-2-3-5-27(26)35-24-14-8-22(9-15-24)31-39-41-33(46-31)37-29(43)19-18-28(42)36-32-40-38-30(45-32)21-6-12-23(34)13-7-21/h2-17,35H,18-19H2,1H3,(H,36,40,42)(H,37,41,43). The average molecular weight is 713 g/mol. The number of aromatic nitrogens is 4. The van der Waals surface area contributed by atoms with Gasteiger partial charge in [-0.15, -0.1) is 20.4 Å². The molecule has 0 radical (unpaired) electrons. The van der Waals surface area contributed by atoms with Crippen LogP contribution < -0.4 is 20.7 Å². The van der Waals surface area contributed by atoms with Crippen molar-refractivity contribution in [3.05, 3.63) is 102 Å². The van der Waals surface area contributed by atoms with Gasteiger partial charge in [-0.25, -0.2) is 0 Å². The van der Waals surface area contributed by atoms with Crippen molar-refractivity contribution in [3.8, 4) is 38.0 Å². The first kappa shape index (κ1) is 31.0. The zero-order valence-electron chi connectivity index (χ0n) is 24.4. The molecule has 3 N–H and O–H groups in total. The van der Waals surface area contributed by atoms with Crippen molar-refractivity contribution in [2.45, 2.75) is 12.8 Å². The molecule has 0 aliphatic rings. The summed E-state index contributed by atoms with van der Waals surface area (Å²) in [4.78, 5) is 24.9. The van der Waals surface area contributed by atoms with Crippen molar-refractivity contribution in [2.75, 3.05) is 23.1 Å². The smallest absolute Gasteiger partial charge is 0.226 e. The van der Waals surface area contributed by atoms with Crippen molar-refractivity contribution in [1.82, 2.24) is 20.4 Å². The van der Waals surface area contributed by atoms with E-state index in [1.54, 1.807) is 7.11 Å². The summed E-state index contributed by atoms with van der Waals surface area (Å²) in [7, 11) is 1.65. The Bertz CT molecular complexity index is 1960. The van der Waals surface area contributed by atoms with E-state index in [0.29, 0.717) is 20.3 Å². The predicted octanol–water partition coefficient (Wildman–Crippen LogP) is 8.26. The van der Waals surface area contributed by atoms with E-state index in [-0.39, 0.29) is 24.7 Å². The molecule has 0 saturated carbocycles. The first-order valence-electron chi connectivity index (χ1n) is 14.1. The third-order valence-corrected chi connectivity index (χ3v) is 9.06. The maximum atomic E-state index is 12.5. The van der Waals surface area contributed by atoms with Crippen molar-refractivity contribution in [1.29, 1.82) is 0 Å². The molecule has 10 nitrogen and oxygen atoms in total. The molecular weight excluding hydrogens is 686 g/mol. The van der Waals surface area contributed by atoms with E-state index < -0.39 is 0 Å². The van der Waals surface area contributed by atoms with Gasteiger partial charge in [-0.1, -0.05) is 81.1 Å². The van der Waals surface area contributed by atoms with Gasteiger partial charge in [-0.2, -0.15) is 0 Å². The number of ether oxygens (including phenoxy) is 1. The number of rotatable bonds is 11. The van der Waals surface area contributed by atoms with E-state index in [4.69, 9.17) is 4.74 Å². The molecule has 0 saturated heterocycles. The Hall–Kier alpha value is -4.98. The lowest BCUT2D eigenvalue weighted by Crippen LogP contribution is -2.17. The molecule has 2 heterocycles. The number of methoxy groups -OCH3 is 1. The highest BCUT2D eigenvalue weighted by Gasteiger charge is 2.14. The van der Waals surface area contributed by atoms with Gasteiger partial charge in [0.1, 0.15) is 15.8 Å². The number of carbonyl (C=O) groups excluding carboxylic acids is 2. The molecule has 4 aromatic carbocycles. The number of carbonyl (C=O) groups is 2. The quantitative estimate of drug-likeness (QED) is 0.122. The van der Waals surface area contributed by atoms with Crippen LogP contribution in [0.1, 0.15) is 12.8 Å². The number of hydrogen-bond donors (Lipinski definition) is 3. The molecule has 0 aliphatic heterocycles. The second-order valence-corrected chi connectivity index (χ2v) is 12.8. The number of nitrogens with one attached hydrogen (secondary N) is 3. The lowest BCUT2D eigenvalue weighted by Gasteiger charge is -2.13. The Morgan fingerprint density at radius 2 is 1.20 bits per heavy atom. The van der Waals surface area contributed by atoms with Crippen LogP contribution in [0.2, 0.25) is 0 Å². The highest BCUT2D eigenvalue weighted by molar-refractivity contribution is 9.10. The van der Waals surface area contributed by atoms with Crippen LogP contribution in [-0.2, 0) is 9.59 Å². The highest BCUT2D eigenvalue weighted by Crippen LogP contribution is 2.33. The van der Waals surface area contributed by atoms with Crippen LogP contribution in [0, 0.1) is 0 Å². The summed E-state index contributed by atoms with van der Waals surface area (Å²) in [5.74, 6) is 0.150. The fraction of sp³-hybridized carbons (Fsp3) is 0.0909. The van der Waals surface area contributed by atoms with Gasteiger partial charge in [0, 0.05) is 45.4 Å². The molecule has 2 amide bonds. The minimum absolute atomic E-state index is 0.0131. The Labute approximate surface area is 281 Å². The molecule has 0 atom stereocenters. The molecule has 2 aromatic heterocycles. The molecule has 0 spiro atoms. The predicted molar refractivity (Wildman–Crippen MR) is 187 cm³/mol. The monoisotopic (exact) mass is 711 g/mol. The molecule has 46 heavy (non-hydrogen) atoms.